The largest absolute Gasteiger partial charge is 0.451 e. The van der Waals surface area contributed by atoms with E-state index in [4.69, 9.17) is 18.0 Å². The maximum atomic E-state index is 12.4. The van der Waals surface area contributed by atoms with Gasteiger partial charge in [0.1, 0.15) is 11.0 Å². The van der Waals surface area contributed by atoms with Crippen molar-refractivity contribution in [1.29, 1.82) is 0 Å². The Bertz CT molecular complexity index is 440. The van der Waals surface area contributed by atoms with Crippen LogP contribution in [0.3, 0.4) is 0 Å². The van der Waals surface area contributed by atoms with E-state index in [1.807, 2.05) is 0 Å². The fourth-order valence-corrected chi connectivity index (χ4v) is 1.39. The lowest BCUT2D eigenvalue weighted by molar-refractivity contribution is -0.144. The zero-order valence-electron chi connectivity index (χ0n) is 9.39. The van der Waals surface area contributed by atoms with E-state index in [2.05, 4.69) is 21.2 Å². The third-order valence-electron chi connectivity index (χ3n) is 2.00. The number of halogens is 4. The number of anilines is 1. The van der Waals surface area contributed by atoms with E-state index in [9.17, 15) is 13.2 Å². The fraction of sp³-hybridized carbons (Fsp3) is 0.455. The summed E-state index contributed by atoms with van der Waals surface area (Å²) in [7, 11) is 0. The molecule has 7 heteroatoms. The highest BCUT2D eigenvalue weighted by molar-refractivity contribution is 6.29. The van der Waals surface area contributed by atoms with Crippen molar-refractivity contribution < 1.29 is 13.2 Å². The van der Waals surface area contributed by atoms with Gasteiger partial charge in [-0.05, 0) is 12.8 Å². The van der Waals surface area contributed by atoms with Gasteiger partial charge < -0.3 is 5.32 Å². The van der Waals surface area contributed by atoms with Gasteiger partial charge in [-0.25, -0.2) is 9.97 Å². The molecular formula is C11H11ClF3N3. The second-order valence-corrected chi connectivity index (χ2v) is 3.87. The third kappa shape index (κ3) is 4.80. The van der Waals surface area contributed by atoms with Gasteiger partial charge in [-0.15, -0.1) is 12.3 Å². The summed E-state index contributed by atoms with van der Waals surface area (Å²) >= 11 is 5.50. The Hall–Kier alpha value is -1.48. The molecule has 1 rings (SSSR count). The summed E-state index contributed by atoms with van der Waals surface area (Å²) < 4.78 is 37.2. The van der Waals surface area contributed by atoms with Gasteiger partial charge >= 0.3 is 6.18 Å². The van der Waals surface area contributed by atoms with Gasteiger partial charge in [0, 0.05) is 19.0 Å². The van der Waals surface area contributed by atoms with E-state index in [-0.39, 0.29) is 11.0 Å². The number of rotatable bonds is 5. The van der Waals surface area contributed by atoms with E-state index in [1.54, 1.807) is 0 Å². The molecule has 0 aliphatic heterocycles. The number of terminal acetylenes is 1. The first kappa shape index (κ1) is 14.6. The van der Waals surface area contributed by atoms with Crippen LogP contribution in [0.5, 0.6) is 0 Å². The molecule has 0 amide bonds. The molecule has 1 aromatic heterocycles. The van der Waals surface area contributed by atoms with Crippen molar-refractivity contribution in [2.75, 3.05) is 11.9 Å². The highest BCUT2D eigenvalue weighted by Gasteiger charge is 2.35. The van der Waals surface area contributed by atoms with E-state index >= 15 is 0 Å². The number of nitrogens with zero attached hydrogens (tertiary/aromatic N) is 2. The van der Waals surface area contributed by atoms with Crippen molar-refractivity contribution in [3.05, 3.63) is 17.0 Å². The van der Waals surface area contributed by atoms with Gasteiger partial charge in [-0.1, -0.05) is 11.6 Å². The monoisotopic (exact) mass is 277 g/mol. The van der Waals surface area contributed by atoms with Crippen molar-refractivity contribution in [2.24, 2.45) is 0 Å². The Kier molecular flexibility index (Phi) is 5.23. The lowest BCUT2D eigenvalue weighted by Crippen LogP contribution is -2.13. The number of nitrogens with one attached hydrogen (secondary N) is 1. The average molecular weight is 278 g/mol. The van der Waals surface area contributed by atoms with Crippen LogP contribution in [0, 0.1) is 12.3 Å². The Labute approximate surface area is 108 Å². The van der Waals surface area contributed by atoms with E-state index in [1.165, 1.54) is 6.07 Å². The van der Waals surface area contributed by atoms with Crippen molar-refractivity contribution in [3.8, 4) is 12.3 Å². The first-order valence-corrected chi connectivity index (χ1v) is 5.60. The molecule has 0 fully saturated rings. The maximum absolute atomic E-state index is 12.4. The van der Waals surface area contributed by atoms with Gasteiger partial charge in [0.2, 0.25) is 5.82 Å². The zero-order chi connectivity index (χ0) is 13.6. The summed E-state index contributed by atoms with van der Waals surface area (Å²) in [5, 5.41) is 2.51. The van der Waals surface area contributed by atoms with E-state index < -0.39 is 12.0 Å². The number of unbranched alkanes of at least 4 members (excludes halogenated alkanes) is 2. The predicted octanol–water partition coefficient (Wildman–Crippen LogP) is 3.36. The van der Waals surface area contributed by atoms with Crippen molar-refractivity contribution >= 4 is 17.4 Å². The van der Waals surface area contributed by atoms with Crippen LogP contribution in [0.4, 0.5) is 19.0 Å². The number of alkyl halides is 3. The van der Waals surface area contributed by atoms with Crippen LogP contribution in [0.15, 0.2) is 6.07 Å². The quantitative estimate of drug-likeness (QED) is 0.509. The van der Waals surface area contributed by atoms with Crippen LogP contribution in [0.1, 0.15) is 25.1 Å². The minimum atomic E-state index is -4.61. The third-order valence-corrected chi connectivity index (χ3v) is 2.20. The minimum absolute atomic E-state index is 0.0584. The molecule has 0 aromatic carbocycles. The number of hydrogen-bond acceptors (Lipinski definition) is 3. The molecule has 0 radical (unpaired) electrons. The Morgan fingerprint density at radius 2 is 2.06 bits per heavy atom. The topological polar surface area (TPSA) is 37.8 Å². The molecule has 0 atom stereocenters. The summed E-state index contributed by atoms with van der Waals surface area (Å²) in [6.07, 6.45) is 2.65. The summed E-state index contributed by atoms with van der Waals surface area (Å²) in [4.78, 5) is 6.48. The van der Waals surface area contributed by atoms with Crippen LogP contribution in [-0.2, 0) is 6.18 Å². The van der Waals surface area contributed by atoms with Crippen LogP contribution < -0.4 is 5.32 Å². The second-order valence-electron chi connectivity index (χ2n) is 3.49. The highest BCUT2D eigenvalue weighted by atomic mass is 35.5. The molecule has 1 heterocycles. The molecule has 0 aliphatic carbocycles. The smallest absolute Gasteiger partial charge is 0.370 e. The lowest BCUT2D eigenvalue weighted by Gasteiger charge is -2.09. The fourth-order valence-electron chi connectivity index (χ4n) is 1.20. The standard InChI is InChI=1S/C11H11ClF3N3/c1-2-3-4-5-6-16-9-7-8(12)17-10(18-9)11(13,14)15/h1,7H,3-6H2,(H,16,17,18). The Balaban J connectivity index is 2.61. The van der Waals surface area contributed by atoms with Gasteiger partial charge in [0.15, 0.2) is 0 Å². The SMILES string of the molecule is C#CCCCCNc1cc(Cl)nc(C(F)(F)F)n1. The highest BCUT2D eigenvalue weighted by Crippen LogP contribution is 2.28. The summed E-state index contributed by atoms with van der Waals surface area (Å²) in [5.74, 6) is 1.29. The molecule has 1 N–H and O–H groups in total. The first-order valence-electron chi connectivity index (χ1n) is 5.22. The molecule has 98 valence electrons. The molecule has 1 aromatic rings. The van der Waals surface area contributed by atoms with Gasteiger partial charge in [0.25, 0.3) is 0 Å². The van der Waals surface area contributed by atoms with E-state index in [0.29, 0.717) is 13.0 Å². The normalized spacial score (nSPS) is 11.1. The number of aromatic nitrogens is 2. The maximum Gasteiger partial charge on any atom is 0.451 e. The number of hydrogen-bond donors (Lipinski definition) is 1. The minimum Gasteiger partial charge on any atom is -0.370 e. The van der Waals surface area contributed by atoms with Gasteiger partial charge in [-0.3, -0.25) is 0 Å². The van der Waals surface area contributed by atoms with Crippen molar-refractivity contribution in [1.82, 2.24) is 9.97 Å². The second kappa shape index (κ2) is 6.45. The molecule has 0 spiro atoms. The summed E-state index contributed by atoms with van der Waals surface area (Å²) in [6.45, 7) is 0.478. The molecule has 0 saturated carbocycles. The molecule has 0 aliphatic rings. The summed E-state index contributed by atoms with van der Waals surface area (Å²) in [6, 6.07) is 1.25. The molecule has 0 bridgehead atoms. The van der Waals surface area contributed by atoms with Crippen molar-refractivity contribution in [2.45, 2.75) is 25.4 Å². The Morgan fingerprint density at radius 1 is 1.33 bits per heavy atom. The molecule has 0 saturated heterocycles. The van der Waals surface area contributed by atoms with Crippen LogP contribution in [-0.4, -0.2) is 16.5 Å². The zero-order valence-corrected chi connectivity index (χ0v) is 10.1. The van der Waals surface area contributed by atoms with Gasteiger partial charge in [0.05, 0.1) is 0 Å². The van der Waals surface area contributed by atoms with E-state index in [0.717, 1.165) is 12.8 Å². The molecule has 3 nitrogen and oxygen atoms in total. The molecular weight excluding hydrogens is 267 g/mol. The van der Waals surface area contributed by atoms with Crippen LogP contribution in [0.2, 0.25) is 5.15 Å². The first-order chi connectivity index (χ1) is 8.43. The lowest BCUT2D eigenvalue weighted by atomic mass is 10.2. The molecule has 0 unspecified atom stereocenters. The summed E-state index contributed by atoms with van der Waals surface area (Å²) in [5.41, 5.74) is 0. The average Bonchev–Trinajstić information content (AvgIpc) is 2.27. The van der Waals surface area contributed by atoms with Gasteiger partial charge in [-0.2, -0.15) is 13.2 Å². The molecule has 18 heavy (non-hydrogen) atoms. The van der Waals surface area contributed by atoms with Crippen molar-refractivity contribution in [3.63, 3.8) is 0 Å². The van der Waals surface area contributed by atoms with Crippen LogP contribution in [0.25, 0.3) is 0 Å². The Morgan fingerprint density at radius 3 is 2.67 bits per heavy atom. The van der Waals surface area contributed by atoms with Crippen LogP contribution >= 0.6 is 11.6 Å². The predicted molar refractivity (Wildman–Crippen MR) is 63.2 cm³/mol.